The highest BCUT2D eigenvalue weighted by Gasteiger charge is 2.76. The topological polar surface area (TPSA) is 81.6 Å². The van der Waals surface area contributed by atoms with Crippen molar-refractivity contribution >= 4 is 11.8 Å². The van der Waals surface area contributed by atoms with Gasteiger partial charge in [-0.3, -0.25) is 9.69 Å². The van der Waals surface area contributed by atoms with Crippen LogP contribution in [0.15, 0.2) is 71.3 Å². The molecule has 5 heterocycles. The van der Waals surface area contributed by atoms with Crippen molar-refractivity contribution in [3.8, 4) is 0 Å². The Labute approximate surface area is 205 Å². The average Bonchev–Trinajstić information content (AvgIpc) is 2.95. The number of aliphatic imine (C=N–C) groups is 1. The summed E-state index contributed by atoms with van der Waals surface area (Å²) in [6.45, 7) is 8.46. The maximum Gasteiger partial charge on any atom is 0.298 e. The van der Waals surface area contributed by atoms with Crippen LogP contribution in [0.3, 0.4) is 0 Å². The second-order valence-electron chi connectivity index (χ2n) is 10.3. The van der Waals surface area contributed by atoms with Gasteiger partial charge in [-0.1, -0.05) is 50.3 Å². The molecule has 1 amide bonds. The third-order valence-corrected chi connectivity index (χ3v) is 7.67. The molecule has 8 nitrogen and oxygen atoms in total. The van der Waals surface area contributed by atoms with Crippen molar-refractivity contribution < 1.29 is 23.7 Å². The van der Waals surface area contributed by atoms with E-state index >= 15 is 0 Å². The molecule has 2 fully saturated rings. The molecule has 184 valence electrons. The van der Waals surface area contributed by atoms with Gasteiger partial charge in [0, 0.05) is 6.42 Å². The summed E-state index contributed by atoms with van der Waals surface area (Å²) in [5.41, 5.74) is -0.180. The lowest BCUT2D eigenvalue weighted by Crippen LogP contribution is -2.77. The molecular formula is C27H31N3O5. The highest BCUT2D eigenvalue weighted by Crippen LogP contribution is 2.56. The van der Waals surface area contributed by atoms with Crippen LogP contribution >= 0.6 is 0 Å². The van der Waals surface area contributed by atoms with Crippen LogP contribution in [0.2, 0.25) is 0 Å². The maximum atomic E-state index is 13.8. The Balaban J connectivity index is 1.61. The minimum absolute atomic E-state index is 0.0500. The van der Waals surface area contributed by atoms with Crippen LogP contribution < -0.4 is 5.32 Å². The molecule has 0 aromatic heterocycles. The molecule has 1 aromatic carbocycles. The predicted octanol–water partition coefficient (Wildman–Crippen LogP) is 3.37. The lowest BCUT2D eigenvalue weighted by Gasteiger charge is -2.57. The number of amides is 1. The molecule has 1 aromatic rings. The molecule has 2 saturated heterocycles. The van der Waals surface area contributed by atoms with Crippen molar-refractivity contribution in [2.45, 2.75) is 69.8 Å². The third-order valence-electron chi connectivity index (χ3n) is 7.67. The van der Waals surface area contributed by atoms with Crippen LogP contribution in [0.25, 0.3) is 0 Å². The summed E-state index contributed by atoms with van der Waals surface area (Å²) in [5.74, 6) is -0.609. The molecule has 2 bridgehead atoms. The number of nitrogens with one attached hydrogen (secondary N) is 1. The Kier molecular flexibility index (Phi) is 5.01. The molecule has 0 radical (unpaired) electrons. The molecule has 5 aliphatic heterocycles. The van der Waals surface area contributed by atoms with Gasteiger partial charge < -0.3 is 24.3 Å². The Morgan fingerprint density at radius 1 is 1.23 bits per heavy atom. The van der Waals surface area contributed by atoms with Gasteiger partial charge in [-0.05, 0) is 43.9 Å². The molecule has 1 N–H and O–H groups in total. The van der Waals surface area contributed by atoms with Crippen LogP contribution in [0, 0.1) is 5.92 Å². The first-order valence-corrected chi connectivity index (χ1v) is 12.3. The lowest BCUT2D eigenvalue weighted by atomic mass is 9.88. The first-order valence-electron chi connectivity index (χ1n) is 12.3. The summed E-state index contributed by atoms with van der Waals surface area (Å²) in [6.07, 6.45) is 8.04. The van der Waals surface area contributed by atoms with Crippen LogP contribution in [0.1, 0.15) is 39.7 Å². The van der Waals surface area contributed by atoms with Crippen molar-refractivity contribution in [1.82, 2.24) is 10.2 Å². The SMILES string of the molecule is CC[C@H](C)C1=C2N=C3OC=CC=C[C@@]34OC[C@H]3O[C@@]4(OC3(C)C)N2[C@@H](Cc2ccccc2)C(=O)N1. The van der Waals surface area contributed by atoms with Gasteiger partial charge in [0.2, 0.25) is 17.4 Å². The van der Waals surface area contributed by atoms with Crippen LogP contribution in [-0.4, -0.2) is 52.6 Å². The zero-order chi connectivity index (χ0) is 24.4. The second-order valence-corrected chi connectivity index (χ2v) is 10.3. The zero-order valence-electron chi connectivity index (χ0n) is 20.5. The van der Waals surface area contributed by atoms with Crippen molar-refractivity contribution in [3.63, 3.8) is 0 Å². The summed E-state index contributed by atoms with van der Waals surface area (Å²) in [4.78, 5) is 20.7. The van der Waals surface area contributed by atoms with E-state index in [1.807, 2.05) is 61.2 Å². The van der Waals surface area contributed by atoms with E-state index < -0.39 is 23.2 Å². The highest BCUT2D eigenvalue weighted by atomic mass is 16.8. The number of fused-ring (bicyclic) bond motifs is 2. The zero-order valence-corrected chi connectivity index (χ0v) is 20.5. The summed E-state index contributed by atoms with van der Waals surface area (Å²) < 4.78 is 26.2. The van der Waals surface area contributed by atoms with Gasteiger partial charge in [0.1, 0.15) is 12.1 Å². The maximum absolute atomic E-state index is 13.8. The standard InChI is InChI=1S/C27H31N3O5/c1-5-17(2)21-22-29-24-26(13-9-10-14-32-24)27(34-20(16-33-26)25(3,4)35-27)30(22)19(23(31)28-21)15-18-11-7-6-8-12-18/h6-14,17,19-20H,5,15-16H2,1-4H3,(H,28,31)/t17-,19-,20+,26+,27-/m0/s1. The summed E-state index contributed by atoms with van der Waals surface area (Å²) in [7, 11) is 0. The number of hydrogen-bond acceptors (Lipinski definition) is 7. The quantitative estimate of drug-likeness (QED) is 0.716. The van der Waals surface area contributed by atoms with Crippen molar-refractivity contribution in [2.75, 3.05) is 6.61 Å². The fourth-order valence-electron chi connectivity index (χ4n) is 5.51. The van der Waals surface area contributed by atoms with E-state index in [2.05, 4.69) is 19.2 Å². The Morgan fingerprint density at radius 2 is 2.03 bits per heavy atom. The van der Waals surface area contributed by atoms with Gasteiger partial charge >= 0.3 is 0 Å². The molecule has 5 atom stereocenters. The van der Waals surface area contributed by atoms with Gasteiger partial charge in [-0.15, -0.1) is 0 Å². The fourth-order valence-corrected chi connectivity index (χ4v) is 5.51. The third kappa shape index (κ3) is 3.09. The number of carbonyl (C=O) groups excluding carboxylic acids is 1. The van der Waals surface area contributed by atoms with Crippen LogP contribution in [0.4, 0.5) is 0 Å². The molecule has 5 aliphatic rings. The number of rotatable bonds is 4. The summed E-state index contributed by atoms with van der Waals surface area (Å²) in [5, 5.41) is 3.17. The Hall–Kier alpha value is -2.94. The summed E-state index contributed by atoms with van der Waals surface area (Å²) in [6, 6.07) is 9.32. The number of benzene rings is 1. The largest absolute Gasteiger partial charge is 0.447 e. The first kappa shape index (κ1) is 22.5. The highest BCUT2D eigenvalue weighted by molar-refractivity contribution is 5.94. The molecule has 8 heteroatoms. The Morgan fingerprint density at radius 3 is 2.80 bits per heavy atom. The van der Waals surface area contributed by atoms with E-state index in [9.17, 15) is 4.79 Å². The second kappa shape index (κ2) is 7.78. The minimum atomic E-state index is -1.47. The lowest BCUT2D eigenvalue weighted by molar-refractivity contribution is -0.360. The van der Waals surface area contributed by atoms with Crippen molar-refractivity contribution in [3.05, 3.63) is 71.9 Å². The van der Waals surface area contributed by atoms with Crippen LogP contribution in [-0.2, 0) is 30.2 Å². The van der Waals surface area contributed by atoms with E-state index in [0.29, 0.717) is 24.7 Å². The van der Waals surface area contributed by atoms with Crippen LogP contribution in [0.5, 0.6) is 0 Å². The number of hydrogen-bond donors (Lipinski definition) is 1. The van der Waals surface area contributed by atoms with Gasteiger partial charge in [0.05, 0.1) is 24.2 Å². The summed E-state index contributed by atoms with van der Waals surface area (Å²) >= 11 is 0. The molecule has 2 spiro atoms. The van der Waals surface area contributed by atoms with E-state index in [4.69, 9.17) is 23.9 Å². The number of allylic oxidation sites excluding steroid dienone is 3. The first-order chi connectivity index (χ1) is 16.8. The molecular weight excluding hydrogens is 446 g/mol. The monoisotopic (exact) mass is 477 g/mol. The van der Waals surface area contributed by atoms with E-state index in [1.165, 1.54) is 0 Å². The van der Waals surface area contributed by atoms with Crippen molar-refractivity contribution in [2.24, 2.45) is 10.9 Å². The fraction of sp³-hybridized carbons (Fsp3) is 0.481. The van der Waals surface area contributed by atoms with Gasteiger partial charge in [0.25, 0.3) is 5.91 Å². The molecule has 6 rings (SSSR count). The molecule has 35 heavy (non-hydrogen) atoms. The number of nitrogens with zero attached hydrogens (tertiary/aromatic N) is 2. The van der Waals surface area contributed by atoms with E-state index in [-0.39, 0.29) is 17.9 Å². The average molecular weight is 478 g/mol. The normalized spacial score (nSPS) is 35.3. The van der Waals surface area contributed by atoms with Gasteiger partial charge in [-0.2, -0.15) is 4.99 Å². The molecule has 0 aliphatic carbocycles. The Bertz CT molecular complexity index is 1170. The minimum Gasteiger partial charge on any atom is -0.447 e. The molecule has 0 saturated carbocycles. The van der Waals surface area contributed by atoms with Gasteiger partial charge in [0.15, 0.2) is 5.82 Å². The van der Waals surface area contributed by atoms with E-state index in [1.54, 1.807) is 12.3 Å². The number of ether oxygens (including phenoxy) is 4. The van der Waals surface area contributed by atoms with Gasteiger partial charge in [-0.25, -0.2) is 0 Å². The number of carbonyl (C=O) groups is 1. The molecule has 0 unspecified atom stereocenters. The smallest absolute Gasteiger partial charge is 0.298 e. The van der Waals surface area contributed by atoms with Crippen molar-refractivity contribution in [1.29, 1.82) is 0 Å². The predicted molar refractivity (Wildman–Crippen MR) is 129 cm³/mol. The van der Waals surface area contributed by atoms with E-state index in [0.717, 1.165) is 17.7 Å².